The fraction of sp³-hybridized carbons (Fsp3) is 0.588. The molecule has 3 N–H and O–H groups in total. The number of carbonyl (C=O) groups excluding carboxylic acids is 1. The lowest BCUT2D eigenvalue weighted by atomic mass is 10.2. The molecule has 2 aromatic heterocycles. The van der Waals surface area contributed by atoms with Crippen LogP contribution in [0.3, 0.4) is 0 Å². The standard InChI is InChI=1S/C17H26N6O3S2/c1-3-5-7-9-22(12(24)10-27-17-21-19-11-28-17)13-14(18)23(8-6-4-2)16(26)20-15(13)25/h11H,3-10,18H2,1-2H3,(H,20,25,26). The number of nitrogens with one attached hydrogen (secondary N) is 1. The summed E-state index contributed by atoms with van der Waals surface area (Å²) in [6.07, 6.45) is 4.24. The molecule has 2 aromatic rings. The number of unbranched alkanes of at least 4 members (excludes halogenated alkanes) is 3. The Morgan fingerprint density at radius 2 is 2.04 bits per heavy atom. The highest BCUT2D eigenvalue weighted by Crippen LogP contribution is 2.23. The zero-order chi connectivity index (χ0) is 20.5. The van der Waals surface area contributed by atoms with Gasteiger partial charge in [0.05, 0.1) is 5.75 Å². The minimum absolute atomic E-state index is 0.0352. The Morgan fingerprint density at radius 1 is 1.29 bits per heavy atom. The summed E-state index contributed by atoms with van der Waals surface area (Å²) >= 11 is 2.61. The molecule has 0 aromatic carbocycles. The van der Waals surface area contributed by atoms with Gasteiger partial charge >= 0.3 is 5.69 Å². The lowest BCUT2D eigenvalue weighted by Gasteiger charge is -2.24. The highest BCUT2D eigenvalue weighted by atomic mass is 32.2. The predicted octanol–water partition coefficient (Wildman–Crippen LogP) is 2.09. The summed E-state index contributed by atoms with van der Waals surface area (Å²) in [5.74, 6) is -0.115. The first kappa shape index (κ1) is 22.2. The molecule has 28 heavy (non-hydrogen) atoms. The first-order valence-corrected chi connectivity index (χ1v) is 11.2. The molecule has 0 saturated carbocycles. The van der Waals surface area contributed by atoms with Crippen LogP contribution in [0.15, 0.2) is 19.4 Å². The van der Waals surface area contributed by atoms with Crippen molar-refractivity contribution in [3.63, 3.8) is 0 Å². The molecule has 0 spiro atoms. The smallest absolute Gasteiger partial charge is 0.330 e. The SMILES string of the molecule is CCCCCN(C(=O)CSc1nncs1)c1c(N)n(CCCC)c(=O)[nH]c1=O. The number of hydrogen-bond donors (Lipinski definition) is 2. The lowest BCUT2D eigenvalue weighted by molar-refractivity contribution is -0.116. The maximum absolute atomic E-state index is 12.9. The third-order valence-electron chi connectivity index (χ3n) is 4.16. The Morgan fingerprint density at radius 3 is 2.68 bits per heavy atom. The van der Waals surface area contributed by atoms with E-state index in [9.17, 15) is 14.4 Å². The van der Waals surface area contributed by atoms with E-state index in [1.54, 1.807) is 5.51 Å². The number of amides is 1. The number of carbonyl (C=O) groups is 1. The molecule has 0 bridgehead atoms. The van der Waals surface area contributed by atoms with Crippen molar-refractivity contribution in [2.24, 2.45) is 0 Å². The Bertz CT molecular complexity index is 878. The zero-order valence-electron chi connectivity index (χ0n) is 16.1. The quantitative estimate of drug-likeness (QED) is 0.416. The van der Waals surface area contributed by atoms with E-state index < -0.39 is 11.2 Å². The monoisotopic (exact) mass is 426 g/mol. The number of anilines is 2. The summed E-state index contributed by atoms with van der Waals surface area (Å²) in [6.45, 7) is 4.81. The van der Waals surface area contributed by atoms with Gasteiger partial charge in [0.25, 0.3) is 5.56 Å². The molecule has 2 heterocycles. The van der Waals surface area contributed by atoms with E-state index in [4.69, 9.17) is 5.73 Å². The van der Waals surface area contributed by atoms with Gasteiger partial charge in [-0.15, -0.1) is 10.2 Å². The topological polar surface area (TPSA) is 127 Å². The molecule has 0 aliphatic heterocycles. The molecular weight excluding hydrogens is 400 g/mol. The maximum Gasteiger partial charge on any atom is 0.330 e. The van der Waals surface area contributed by atoms with Crippen LogP contribution in [0.1, 0.15) is 46.0 Å². The van der Waals surface area contributed by atoms with Gasteiger partial charge in [0.1, 0.15) is 11.3 Å². The average Bonchev–Trinajstić information content (AvgIpc) is 3.18. The molecule has 2 rings (SSSR count). The molecule has 0 aliphatic rings. The van der Waals surface area contributed by atoms with Crippen molar-refractivity contribution >= 4 is 40.5 Å². The van der Waals surface area contributed by atoms with E-state index in [0.29, 0.717) is 17.4 Å². The van der Waals surface area contributed by atoms with Crippen LogP contribution in [-0.4, -0.2) is 38.0 Å². The molecule has 0 unspecified atom stereocenters. The normalized spacial score (nSPS) is 10.9. The second-order valence-electron chi connectivity index (χ2n) is 6.24. The number of rotatable bonds is 11. The van der Waals surface area contributed by atoms with Crippen LogP contribution < -0.4 is 21.9 Å². The second kappa shape index (κ2) is 11.0. The Hall–Kier alpha value is -2.14. The van der Waals surface area contributed by atoms with Crippen LogP contribution >= 0.6 is 23.1 Å². The van der Waals surface area contributed by atoms with Gasteiger partial charge in [-0.05, 0) is 12.8 Å². The maximum atomic E-state index is 12.9. The number of aromatic nitrogens is 4. The van der Waals surface area contributed by atoms with Crippen LogP contribution in [0.4, 0.5) is 11.5 Å². The van der Waals surface area contributed by atoms with Gasteiger partial charge < -0.3 is 10.6 Å². The number of hydrogen-bond acceptors (Lipinski definition) is 8. The van der Waals surface area contributed by atoms with Gasteiger partial charge in [-0.25, -0.2) is 4.79 Å². The molecule has 154 valence electrons. The number of H-pyrrole nitrogens is 1. The van der Waals surface area contributed by atoms with E-state index in [1.807, 2.05) is 6.92 Å². The van der Waals surface area contributed by atoms with E-state index >= 15 is 0 Å². The van der Waals surface area contributed by atoms with E-state index in [0.717, 1.165) is 32.1 Å². The van der Waals surface area contributed by atoms with Crippen molar-refractivity contribution in [2.75, 3.05) is 22.9 Å². The highest BCUT2D eigenvalue weighted by molar-refractivity contribution is 8.01. The molecular formula is C17H26N6O3S2. The van der Waals surface area contributed by atoms with E-state index in [1.165, 1.54) is 32.6 Å². The number of nitrogen functional groups attached to an aromatic ring is 1. The summed E-state index contributed by atoms with van der Waals surface area (Å²) in [7, 11) is 0. The van der Waals surface area contributed by atoms with Crippen molar-refractivity contribution in [1.29, 1.82) is 0 Å². The van der Waals surface area contributed by atoms with Crippen molar-refractivity contribution in [1.82, 2.24) is 19.7 Å². The van der Waals surface area contributed by atoms with E-state index in [2.05, 4.69) is 22.1 Å². The molecule has 0 radical (unpaired) electrons. The Kier molecular flexibility index (Phi) is 8.71. The van der Waals surface area contributed by atoms with Crippen molar-refractivity contribution in [3.05, 3.63) is 26.3 Å². The second-order valence-corrected chi connectivity index (χ2v) is 8.30. The van der Waals surface area contributed by atoms with Gasteiger partial charge in [0.2, 0.25) is 5.91 Å². The number of aromatic amines is 1. The van der Waals surface area contributed by atoms with Crippen LogP contribution in [0.2, 0.25) is 0 Å². The fourth-order valence-electron chi connectivity index (χ4n) is 2.68. The summed E-state index contributed by atoms with van der Waals surface area (Å²) in [5.41, 5.74) is 6.64. The van der Waals surface area contributed by atoms with Crippen molar-refractivity contribution in [2.45, 2.75) is 56.8 Å². The predicted molar refractivity (Wildman–Crippen MR) is 113 cm³/mol. The lowest BCUT2D eigenvalue weighted by Crippen LogP contribution is -2.42. The number of nitrogens with zero attached hydrogens (tertiary/aromatic N) is 4. The van der Waals surface area contributed by atoms with Crippen LogP contribution in [0.25, 0.3) is 0 Å². The minimum Gasteiger partial charge on any atom is -0.383 e. The third kappa shape index (κ3) is 5.68. The Labute approximate surface area is 171 Å². The summed E-state index contributed by atoms with van der Waals surface area (Å²) in [4.78, 5) is 41.3. The molecule has 11 heteroatoms. The van der Waals surface area contributed by atoms with Crippen LogP contribution in [0.5, 0.6) is 0 Å². The van der Waals surface area contributed by atoms with Crippen LogP contribution in [-0.2, 0) is 11.3 Å². The molecule has 0 fully saturated rings. The fourth-order valence-corrected chi connectivity index (χ4v) is 4.05. The summed E-state index contributed by atoms with van der Waals surface area (Å²) in [6, 6.07) is 0. The van der Waals surface area contributed by atoms with Crippen LogP contribution in [0, 0.1) is 0 Å². The minimum atomic E-state index is -0.638. The van der Waals surface area contributed by atoms with Gasteiger partial charge in [0.15, 0.2) is 10.0 Å². The van der Waals surface area contributed by atoms with Gasteiger partial charge in [-0.2, -0.15) is 0 Å². The van der Waals surface area contributed by atoms with Gasteiger partial charge in [0, 0.05) is 13.1 Å². The third-order valence-corrected chi connectivity index (χ3v) is 6.01. The zero-order valence-corrected chi connectivity index (χ0v) is 17.8. The number of nitrogens with two attached hydrogens (primary N) is 1. The largest absolute Gasteiger partial charge is 0.383 e. The summed E-state index contributed by atoms with van der Waals surface area (Å²) in [5, 5.41) is 7.66. The molecule has 0 saturated heterocycles. The molecule has 9 nitrogen and oxygen atoms in total. The molecule has 0 aliphatic carbocycles. The van der Waals surface area contributed by atoms with E-state index in [-0.39, 0.29) is 23.2 Å². The van der Waals surface area contributed by atoms with Crippen molar-refractivity contribution < 1.29 is 4.79 Å². The molecule has 0 atom stereocenters. The number of thioether (sulfide) groups is 1. The van der Waals surface area contributed by atoms with Gasteiger partial charge in [-0.1, -0.05) is 56.2 Å². The summed E-state index contributed by atoms with van der Waals surface area (Å²) < 4.78 is 2.01. The van der Waals surface area contributed by atoms with Crippen molar-refractivity contribution in [3.8, 4) is 0 Å². The first-order valence-electron chi connectivity index (χ1n) is 9.31. The first-order chi connectivity index (χ1) is 13.5. The average molecular weight is 427 g/mol. The highest BCUT2D eigenvalue weighted by Gasteiger charge is 2.24. The molecule has 1 amide bonds. The Balaban J connectivity index is 2.34. The van der Waals surface area contributed by atoms with Gasteiger partial charge in [-0.3, -0.25) is 19.1 Å².